The van der Waals surface area contributed by atoms with Crippen LogP contribution in [0.3, 0.4) is 0 Å². The van der Waals surface area contributed by atoms with Crippen molar-refractivity contribution >= 4 is 0 Å². The van der Waals surface area contributed by atoms with Crippen molar-refractivity contribution in [3.8, 4) is 6.07 Å². The summed E-state index contributed by atoms with van der Waals surface area (Å²) < 4.78 is 0. The first kappa shape index (κ1) is 8.62. The maximum absolute atomic E-state index is 9.04. The minimum atomic E-state index is -0.137. The van der Waals surface area contributed by atoms with Gasteiger partial charge >= 0.3 is 0 Å². The summed E-state index contributed by atoms with van der Waals surface area (Å²) >= 11 is 0. The van der Waals surface area contributed by atoms with E-state index in [4.69, 9.17) is 5.26 Å². The Hall–Kier alpha value is -0.970. The van der Waals surface area contributed by atoms with Crippen LogP contribution in [0, 0.1) is 22.2 Å². The first-order chi connectivity index (χ1) is 6.00. The molecule has 2 nitrogen and oxygen atoms in total. The van der Waals surface area contributed by atoms with Gasteiger partial charge in [0.05, 0.1) is 11.5 Å². The van der Waals surface area contributed by atoms with Gasteiger partial charge in [0, 0.05) is 17.2 Å². The van der Waals surface area contributed by atoms with Gasteiger partial charge in [-0.15, -0.1) is 0 Å². The third-order valence-electron chi connectivity index (χ3n) is 3.48. The number of hydrogen-bond donors (Lipinski definition) is 1. The van der Waals surface area contributed by atoms with E-state index in [1.807, 2.05) is 0 Å². The van der Waals surface area contributed by atoms with E-state index in [0.717, 1.165) is 12.8 Å². The Bertz CT molecular complexity index is 303. The van der Waals surface area contributed by atoms with Crippen LogP contribution in [0.2, 0.25) is 0 Å². The molecule has 1 atom stereocenters. The van der Waals surface area contributed by atoms with E-state index >= 15 is 0 Å². The topological polar surface area (TPSA) is 35.8 Å². The van der Waals surface area contributed by atoms with Crippen molar-refractivity contribution in [2.24, 2.45) is 10.8 Å². The van der Waals surface area contributed by atoms with Gasteiger partial charge in [-0.25, -0.2) is 0 Å². The monoisotopic (exact) mass is 176 g/mol. The van der Waals surface area contributed by atoms with E-state index in [9.17, 15) is 0 Å². The minimum Gasteiger partial charge on any atom is -0.384 e. The Morgan fingerprint density at radius 2 is 2.15 bits per heavy atom. The third kappa shape index (κ3) is 1.14. The quantitative estimate of drug-likeness (QED) is 0.664. The molecule has 2 aliphatic rings. The van der Waals surface area contributed by atoms with E-state index in [1.54, 1.807) is 0 Å². The highest BCUT2D eigenvalue weighted by Crippen LogP contribution is 2.53. The lowest BCUT2D eigenvalue weighted by atomic mass is 9.87. The SMILES string of the molecule is CC1NC(C2(C#N)CC2)=CC1(C)C. The lowest BCUT2D eigenvalue weighted by molar-refractivity contribution is 0.383. The predicted molar refractivity (Wildman–Crippen MR) is 51.7 cm³/mol. The van der Waals surface area contributed by atoms with Gasteiger partial charge in [0.25, 0.3) is 0 Å². The van der Waals surface area contributed by atoms with E-state index in [1.165, 1.54) is 5.70 Å². The number of nitriles is 1. The van der Waals surface area contributed by atoms with Crippen molar-refractivity contribution in [3.05, 3.63) is 11.8 Å². The average molecular weight is 176 g/mol. The van der Waals surface area contributed by atoms with E-state index in [2.05, 4.69) is 38.2 Å². The Labute approximate surface area is 79.6 Å². The number of nitrogens with one attached hydrogen (secondary N) is 1. The molecule has 0 radical (unpaired) electrons. The van der Waals surface area contributed by atoms with Gasteiger partial charge in [-0.05, 0) is 19.8 Å². The zero-order valence-corrected chi connectivity index (χ0v) is 8.52. The smallest absolute Gasteiger partial charge is 0.0966 e. The van der Waals surface area contributed by atoms with Gasteiger partial charge in [0.15, 0.2) is 0 Å². The normalized spacial score (nSPS) is 33.1. The second-order valence-electron chi connectivity index (χ2n) is 4.94. The van der Waals surface area contributed by atoms with Gasteiger partial charge in [-0.2, -0.15) is 5.26 Å². The predicted octanol–water partition coefficient (Wildman–Crippen LogP) is 2.19. The first-order valence-corrected chi connectivity index (χ1v) is 4.91. The van der Waals surface area contributed by atoms with E-state index in [-0.39, 0.29) is 10.8 Å². The van der Waals surface area contributed by atoms with Crippen LogP contribution in [-0.4, -0.2) is 6.04 Å². The number of allylic oxidation sites excluding steroid dienone is 1. The van der Waals surface area contributed by atoms with Gasteiger partial charge < -0.3 is 5.32 Å². The molecule has 0 saturated heterocycles. The van der Waals surface area contributed by atoms with Crippen LogP contribution >= 0.6 is 0 Å². The summed E-state index contributed by atoms with van der Waals surface area (Å²) in [5.74, 6) is 0. The first-order valence-electron chi connectivity index (χ1n) is 4.91. The fourth-order valence-corrected chi connectivity index (χ4v) is 1.80. The van der Waals surface area contributed by atoms with Crippen LogP contribution < -0.4 is 5.32 Å². The summed E-state index contributed by atoms with van der Waals surface area (Å²) in [4.78, 5) is 0. The van der Waals surface area contributed by atoms with Crippen LogP contribution in [0.15, 0.2) is 11.8 Å². The van der Waals surface area contributed by atoms with Crippen molar-refractivity contribution in [1.82, 2.24) is 5.32 Å². The molecule has 2 rings (SSSR count). The van der Waals surface area contributed by atoms with Crippen molar-refractivity contribution < 1.29 is 0 Å². The molecular formula is C11H16N2. The Morgan fingerprint density at radius 3 is 2.46 bits per heavy atom. The molecule has 0 spiro atoms. The summed E-state index contributed by atoms with van der Waals surface area (Å²) in [5.41, 5.74) is 1.23. The van der Waals surface area contributed by atoms with Crippen LogP contribution in [0.5, 0.6) is 0 Å². The van der Waals surface area contributed by atoms with Crippen LogP contribution in [0.25, 0.3) is 0 Å². The van der Waals surface area contributed by atoms with Crippen LogP contribution in [0.1, 0.15) is 33.6 Å². The molecular weight excluding hydrogens is 160 g/mol. The fourth-order valence-electron chi connectivity index (χ4n) is 1.80. The Kier molecular flexibility index (Phi) is 1.52. The molecule has 1 unspecified atom stereocenters. The maximum atomic E-state index is 9.04. The highest BCUT2D eigenvalue weighted by Gasteiger charge is 2.50. The summed E-state index contributed by atoms with van der Waals surface area (Å²) in [6, 6.07) is 2.87. The minimum absolute atomic E-state index is 0.137. The maximum Gasteiger partial charge on any atom is 0.0966 e. The number of rotatable bonds is 1. The summed E-state index contributed by atoms with van der Waals surface area (Å²) in [6.45, 7) is 6.60. The van der Waals surface area contributed by atoms with Gasteiger partial charge in [-0.1, -0.05) is 19.9 Å². The molecule has 13 heavy (non-hydrogen) atoms. The standard InChI is InChI=1S/C11H16N2/c1-8-10(2,3)6-9(13-8)11(7-12)4-5-11/h6,8,13H,4-5H2,1-3H3. The van der Waals surface area contributed by atoms with Crippen LogP contribution in [-0.2, 0) is 0 Å². The molecule has 0 aromatic heterocycles. The molecule has 0 bridgehead atoms. The lowest BCUT2D eigenvalue weighted by Crippen LogP contribution is -2.31. The molecule has 0 aromatic carbocycles. The van der Waals surface area contributed by atoms with Crippen molar-refractivity contribution in [2.75, 3.05) is 0 Å². The molecule has 1 fully saturated rings. The van der Waals surface area contributed by atoms with E-state index < -0.39 is 0 Å². The second kappa shape index (κ2) is 2.29. The highest BCUT2D eigenvalue weighted by atomic mass is 15.0. The Morgan fingerprint density at radius 1 is 1.54 bits per heavy atom. The van der Waals surface area contributed by atoms with Gasteiger partial charge in [0.2, 0.25) is 0 Å². The second-order valence-corrected chi connectivity index (χ2v) is 4.94. The number of hydrogen-bond acceptors (Lipinski definition) is 2. The van der Waals surface area contributed by atoms with Crippen molar-refractivity contribution in [2.45, 2.75) is 39.7 Å². The van der Waals surface area contributed by atoms with E-state index in [0.29, 0.717) is 6.04 Å². The molecule has 70 valence electrons. The molecule has 1 heterocycles. The molecule has 2 heteroatoms. The van der Waals surface area contributed by atoms with Crippen molar-refractivity contribution in [3.63, 3.8) is 0 Å². The third-order valence-corrected chi connectivity index (χ3v) is 3.48. The molecule has 1 N–H and O–H groups in total. The molecule has 1 aliphatic heterocycles. The van der Waals surface area contributed by atoms with Gasteiger partial charge in [-0.3, -0.25) is 0 Å². The lowest BCUT2D eigenvalue weighted by Gasteiger charge is -2.22. The molecule has 0 amide bonds. The molecule has 1 saturated carbocycles. The van der Waals surface area contributed by atoms with Gasteiger partial charge in [0.1, 0.15) is 0 Å². The average Bonchev–Trinajstić information content (AvgIpc) is 2.78. The largest absolute Gasteiger partial charge is 0.384 e. The zero-order chi connectivity index (χ0) is 9.69. The van der Waals surface area contributed by atoms with Crippen LogP contribution in [0.4, 0.5) is 0 Å². The summed E-state index contributed by atoms with van der Waals surface area (Å²) in [5, 5.41) is 12.5. The number of nitrogens with zero attached hydrogens (tertiary/aromatic N) is 1. The van der Waals surface area contributed by atoms with Crippen molar-refractivity contribution in [1.29, 1.82) is 5.26 Å². The zero-order valence-electron chi connectivity index (χ0n) is 8.52. The Balaban J connectivity index is 2.26. The fraction of sp³-hybridized carbons (Fsp3) is 0.727. The summed E-state index contributed by atoms with van der Waals surface area (Å²) in [6.07, 6.45) is 4.31. The molecule has 1 aliphatic carbocycles. The molecule has 0 aromatic rings. The summed E-state index contributed by atoms with van der Waals surface area (Å²) in [7, 11) is 0. The highest BCUT2D eigenvalue weighted by molar-refractivity contribution is 5.35.